The highest BCUT2D eigenvalue weighted by molar-refractivity contribution is 5.98. The molecule has 1 aliphatic heterocycles. The molecule has 0 saturated carbocycles. The van der Waals surface area contributed by atoms with Crippen molar-refractivity contribution in [3.63, 3.8) is 0 Å². The van der Waals surface area contributed by atoms with E-state index in [1.807, 2.05) is 24.3 Å². The van der Waals surface area contributed by atoms with Crippen LogP contribution in [0.15, 0.2) is 48.8 Å². The Labute approximate surface area is 217 Å². The number of carboxylic acid groups (broad SMARTS) is 1. The molecule has 4 N–H and O–H groups in total. The molecule has 1 aliphatic rings. The lowest BCUT2D eigenvalue weighted by atomic mass is 10.1. The molecular weight excluding hydrogens is 493 g/mol. The Morgan fingerprint density at radius 3 is 2.74 bits per heavy atom. The molecule has 2 amide bonds. The Kier molecular flexibility index (Phi) is 6.77. The summed E-state index contributed by atoms with van der Waals surface area (Å²) in [5.74, 6) is -0.421. The van der Waals surface area contributed by atoms with Gasteiger partial charge in [-0.2, -0.15) is 5.10 Å². The van der Waals surface area contributed by atoms with E-state index in [0.29, 0.717) is 29.8 Å². The van der Waals surface area contributed by atoms with Crippen LogP contribution >= 0.6 is 0 Å². The molecule has 4 aromatic rings. The number of likely N-dealkylation sites (tertiary alicyclic amines) is 1. The van der Waals surface area contributed by atoms with Gasteiger partial charge in [0.05, 0.1) is 24.1 Å². The van der Waals surface area contributed by atoms with E-state index < -0.39 is 17.8 Å². The molecule has 196 valence electrons. The highest BCUT2D eigenvalue weighted by Gasteiger charge is 2.28. The fourth-order valence-corrected chi connectivity index (χ4v) is 4.70. The standard InChI is InChI=1S/C26H26FN7O4/c1-38-20-9-8-17(27)11-19(20)25(35)29-12-15-4-6-16(7-5-15)22-21-23(28)30-14-31-24(21)34(32-22)18-3-2-10-33(13-18)26(36)37/h4-9,11,14,18H,2-3,10,12-13H2,1H3,(H,29,35)(H,36,37)(H2,28,30,31)/t18-/m1/s1. The number of carbonyl (C=O) groups excluding carboxylic acids is 1. The van der Waals surface area contributed by atoms with Crippen LogP contribution in [0, 0.1) is 5.82 Å². The number of fused-ring (bicyclic) bond motifs is 1. The molecule has 11 nitrogen and oxygen atoms in total. The highest BCUT2D eigenvalue weighted by atomic mass is 19.1. The van der Waals surface area contributed by atoms with Gasteiger partial charge in [-0.1, -0.05) is 24.3 Å². The fraction of sp³-hybridized carbons (Fsp3) is 0.269. The number of nitrogens with zero attached hydrogens (tertiary/aromatic N) is 5. The molecule has 2 aromatic carbocycles. The van der Waals surface area contributed by atoms with Crippen molar-refractivity contribution < 1.29 is 23.8 Å². The maximum Gasteiger partial charge on any atom is 0.407 e. The molecule has 2 aromatic heterocycles. The Morgan fingerprint density at radius 2 is 2.00 bits per heavy atom. The lowest BCUT2D eigenvalue weighted by Gasteiger charge is -2.30. The van der Waals surface area contributed by atoms with E-state index >= 15 is 0 Å². The van der Waals surface area contributed by atoms with Gasteiger partial charge in [-0.3, -0.25) is 4.79 Å². The predicted octanol–water partition coefficient (Wildman–Crippen LogP) is 3.47. The van der Waals surface area contributed by atoms with Crippen molar-refractivity contribution in [2.45, 2.75) is 25.4 Å². The molecular formula is C26H26FN7O4. The lowest BCUT2D eigenvalue weighted by molar-refractivity contribution is 0.0947. The normalized spacial score (nSPS) is 15.4. The van der Waals surface area contributed by atoms with Gasteiger partial charge in [0.2, 0.25) is 0 Å². The van der Waals surface area contributed by atoms with Gasteiger partial charge in [-0.25, -0.2) is 23.8 Å². The van der Waals surface area contributed by atoms with Gasteiger partial charge >= 0.3 is 6.09 Å². The quantitative estimate of drug-likeness (QED) is 0.351. The van der Waals surface area contributed by atoms with Crippen molar-refractivity contribution in [1.29, 1.82) is 0 Å². The van der Waals surface area contributed by atoms with Crippen LogP contribution in [0.3, 0.4) is 0 Å². The second kappa shape index (κ2) is 10.3. The predicted molar refractivity (Wildman–Crippen MR) is 137 cm³/mol. The Morgan fingerprint density at radius 1 is 1.21 bits per heavy atom. The van der Waals surface area contributed by atoms with E-state index in [9.17, 15) is 19.1 Å². The van der Waals surface area contributed by atoms with Gasteiger partial charge in [-0.05, 0) is 36.6 Å². The monoisotopic (exact) mass is 519 g/mol. The molecule has 12 heteroatoms. The van der Waals surface area contributed by atoms with Gasteiger partial charge in [-0.15, -0.1) is 0 Å². The molecule has 1 atom stereocenters. The van der Waals surface area contributed by atoms with E-state index in [0.717, 1.165) is 30.0 Å². The van der Waals surface area contributed by atoms with Crippen molar-refractivity contribution in [3.05, 3.63) is 65.7 Å². The summed E-state index contributed by atoms with van der Waals surface area (Å²) in [4.78, 5) is 34.1. The van der Waals surface area contributed by atoms with E-state index in [2.05, 4.69) is 15.3 Å². The molecule has 0 spiro atoms. The average molecular weight is 520 g/mol. The van der Waals surface area contributed by atoms with Crippen molar-refractivity contribution in [3.8, 4) is 17.0 Å². The summed E-state index contributed by atoms with van der Waals surface area (Å²) in [5.41, 5.74) is 9.05. The van der Waals surface area contributed by atoms with Crippen LogP contribution < -0.4 is 15.8 Å². The minimum atomic E-state index is -0.959. The van der Waals surface area contributed by atoms with Crippen molar-refractivity contribution in [1.82, 2.24) is 30.0 Å². The van der Waals surface area contributed by atoms with E-state index in [1.165, 1.54) is 30.5 Å². The maximum atomic E-state index is 13.6. The summed E-state index contributed by atoms with van der Waals surface area (Å²) in [6, 6.07) is 11.0. The summed E-state index contributed by atoms with van der Waals surface area (Å²) in [6.07, 6.45) is 1.89. The fourth-order valence-electron chi connectivity index (χ4n) is 4.70. The Hall–Kier alpha value is -4.74. The number of anilines is 1. The summed E-state index contributed by atoms with van der Waals surface area (Å²) in [7, 11) is 1.42. The number of carbonyl (C=O) groups is 2. The van der Waals surface area contributed by atoms with Gasteiger partial charge in [0.15, 0.2) is 5.65 Å². The summed E-state index contributed by atoms with van der Waals surface area (Å²) < 4.78 is 20.5. The van der Waals surface area contributed by atoms with Crippen LogP contribution in [0.2, 0.25) is 0 Å². The van der Waals surface area contributed by atoms with Crippen molar-refractivity contribution in [2.75, 3.05) is 25.9 Å². The van der Waals surface area contributed by atoms with Gasteiger partial charge in [0.1, 0.15) is 29.4 Å². The number of amides is 2. The molecule has 0 bridgehead atoms. The molecule has 1 saturated heterocycles. The van der Waals surface area contributed by atoms with Crippen LogP contribution in [0.1, 0.15) is 34.8 Å². The molecule has 0 radical (unpaired) electrons. The maximum absolute atomic E-state index is 13.6. The first-order valence-electron chi connectivity index (χ1n) is 12.0. The third-order valence-corrected chi connectivity index (χ3v) is 6.62. The summed E-state index contributed by atoms with van der Waals surface area (Å²) in [5, 5.41) is 17.6. The van der Waals surface area contributed by atoms with E-state index in [-0.39, 0.29) is 29.7 Å². The first-order valence-corrected chi connectivity index (χ1v) is 12.0. The largest absolute Gasteiger partial charge is 0.496 e. The lowest BCUT2D eigenvalue weighted by Crippen LogP contribution is -2.40. The van der Waals surface area contributed by atoms with E-state index in [1.54, 1.807) is 4.68 Å². The zero-order chi connectivity index (χ0) is 26.8. The Bertz CT molecular complexity index is 1510. The van der Waals surface area contributed by atoms with Gasteiger partial charge < -0.3 is 25.8 Å². The van der Waals surface area contributed by atoms with Gasteiger partial charge in [0, 0.05) is 25.2 Å². The average Bonchev–Trinajstić information content (AvgIpc) is 3.33. The third-order valence-electron chi connectivity index (χ3n) is 6.62. The van der Waals surface area contributed by atoms with Crippen LogP contribution in [0.5, 0.6) is 5.75 Å². The van der Waals surface area contributed by atoms with Crippen LogP contribution in [0.25, 0.3) is 22.3 Å². The summed E-state index contributed by atoms with van der Waals surface area (Å²) in [6.45, 7) is 1.01. The number of nitrogens with one attached hydrogen (secondary N) is 1. The SMILES string of the molecule is COc1ccc(F)cc1C(=O)NCc1ccc(-c2nn([C@@H]3CCCN(C(=O)O)C3)c3ncnc(N)c23)cc1. The van der Waals surface area contributed by atoms with Crippen LogP contribution in [-0.4, -0.2) is 62.0 Å². The number of piperidine rings is 1. The molecule has 5 rings (SSSR count). The zero-order valence-electron chi connectivity index (χ0n) is 20.6. The zero-order valence-corrected chi connectivity index (χ0v) is 20.6. The minimum absolute atomic E-state index is 0.112. The summed E-state index contributed by atoms with van der Waals surface area (Å²) >= 11 is 0. The molecule has 1 fully saturated rings. The number of ether oxygens (including phenoxy) is 1. The van der Waals surface area contributed by atoms with Crippen molar-refractivity contribution in [2.24, 2.45) is 0 Å². The van der Waals surface area contributed by atoms with E-state index in [4.69, 9.17) is 15.6 Å². The molecule has 0 unspecified atom stereocenters. The number of halogens is 1. The molecule has 3 heterocycles. The molecule has 38 heavy (non-hydrogen) atoms. The molecule has 0 aliphatic carbocycles. The smallest absolute Gasteiger partial charge is 0.407 e. The Balaban J connectivity index is 1.39. The number of nitrogen functional groups attached to an aromatic ring is 1. The number of hydrogen-bond donors (Lipinski definition) is 3. The topological polar surface area (TPSA) is 148 Å². The number of methoxy groups -OCH3 is 1. The first-order chi connectivity index (χ1) is 18.4. The number of nitrogens with two attached hydrogens (primary N) is 1. The number of aromatic nitrogens is 4. The van der Waals surface area contributed by atoms with Crippen LogP contribution in [-0.2, 0) is 6.54 Å². The third kappa shape index (κ3) is 4.80. The number of rotatable bonds is 6. The second-order valence-corrected chi connectivity index (χ2v) is 9.00. The van der Waals surface area contributed by atoms with Gasteiger partial charge in [0.25, 0.3) is 5.91 Å². The van der Waals surface area contributed by atoms with Crippen LogP contribution in [0.4, 0.5) is 15.0 Å². The second-order valence-electron chi connectivity index (χ2n) is 9.00. The first kappa shape index (κ1) is 24.9. The number of hydrogen-bond acceptors (Lipinski definition) is 7. The van der Waals surface area contributed by atoms with Crippen molar-refractivity contribution >= 4 is 28.9 Å². The highest BCUT2D eigenvalue weighted by Crippen LogP contribution is 2.34. The number of benzene rings is 2. The minimum Gasteiger partial charge on any atom is -0.496 e.